The first kappa shape index (κ1) is 14.2. The van der Waals surface area contributed by atoms with Crippen LogP contribution in [0.2, 0.25) is 0 Å². The van der Waals surface area contributed by atoms with Crippen LogP contribution in [0.3, 0.4) is 0 Å². The average Bonchev–Trinajstić information content (AvgIpc) is 2.76. The van der Waals surface area contributed by atoms with Crippen molar-refractivity contribution in [3.8, 4) is 0 Å². The molecule has 5 nitrogen and oxygen atoms in total. The van der Waals surface area contributed by atoms with Crippen LogP contribution in [0, 0.1) is 11.8 Å². The summed E-state index contributed by atoms with van der Waals surface area (Å²) in [5.74, 6) is 0.192. The van der Waals surface area contributed by atoms with E-state index in [4.69, 9.17) is 0 Å². The summed E-state index contributed by atoms with van der Waals surface area (Å²) in [7, 11) is 0. The summed E-state index contributed by atoms with van der Waals surface area (Å²) in [6.45, 7) is 9.74. The monoisotopic (exact) mass is 283 g/mol. The maximum atomic E-state index is 11.2. The minimum Gasteiger partial charge on any atom is -0.481 e. The molecule has 1 aliphatic rings. The highest BCUT2D eigenvalue weighted by Gasteiger charge is 2.31. The zero-order valence-electron chi connectivity index (χ0n) is 11.9. The standard InChI is InChI=1S/C13H21N3O2S/c1-8-5-9(10(17)18)7-16(6-8)12-14-11(15-19-12)13(2,3)4/h8-9H,5-7H2,1-4H3,(H,17,18). The van der Waals surface area contributed by atoms with Crippen LogP contribution in [0.1, 0.15) is 39.9 Å². The smallest absolute Gasteiger partial charge is 0.308 e. The molecule has 1 aromatic rings. The summed E-state index contributed by atoms with van der Waals surface area (Å²) in [6.07, 6.45) is 0.747. The summed E-state index contributed by atoms with van der Waals surface area (Å²) in [4.78, 5) is 17.8. The van der Waals surface area contributed by atoms with Gasteiger partial charge in [0.05, 0.1) is 5.92 Å². The fourth-order valence-electron chi connectivity index (χ4n) is 2.34. The second kappa shape index (κ2) is 5.07. The lowest BCUT2D eigenvalue weighted by Crippen LogP contribution is -2.42. The Morgan fingerprint density at radius 3 is 2.63 bits per heavy atom. The Bertz CT molecular complexity index is 467. The maximum absolute atomic E-state index is 11.2. The highest BCUT2D eigenvalue weighted by atomic mass is 32.1. The summed E-state index contributed by atoms with van der Waals surface area (Å²) in [5, 5.41) is 10.0. The first-order valence-corrected chi connectivity index (χ1v) is 7.36. The van der Waals surface area contributed by atoms with Gasteiger partial charge >= 0.3 is 5.97 Å². The van der Waals surface area contributed by atoms with Crippen molar-refractivity contribution >= 4 is 22.6 Å². The molecule has 1 aliphatic heterocycles. The molecule has 1 fully saturated rings. The quantitative estimate of drug-likeness (QED) is 0.902. The molecule has 2 rings (SSSR count). The van der Waals surface area contributed by atoms with E-state index in [0.29, 0.717) is 12.5 Å². The Hall–Kier alpha value is -1.17. The SMILES string of the molecule is CC1CC(C(=O)O)CN(c2nc(C(C)(C)C)ns2)C1. The average molecular weight is 283 g/mol. The number of anilines is 1. The lowest BCUT2D eigenvalue weighted by molar-refractivity contribution is -0.142. The Morgan fingerprint density at radius 1 is 1.42 bits per heavy atom. The van der Waals surface area contributed by atoms with Crippen molar-refractivity contribution in [3.05, 3.63) is 5.82 Å². The van der Waals surface area contributed by atoms with Gasteiger partial charge in [-0.25, -0.2) is 4.98 Å². The Balaban J connectivity index is 2.17. The summed E-state index contributed by atoms with van der Waals surface area (Å²) in [5.41, 5.74) is -0.0671. The third kappa shape index (κ3) is 3.23. The van der Waals surface area contributed by atoms with Crippen LogP contribution < -0.4 is 4.90 Å². The van der Waals surface area contributed by atoms with E-state index in [2.05, 4.69) is 42.0 Å². The van der Waals surface area contributed by atoms with Gasteiger partial charge in [0.1, 0.15) is 5.82 Å². The Morgan fingerprint density at radius 2 is 2.11 bits per heavy atom. The second-order valence-electron chi connectivity index (χ2n) is 6.43. The van der Waals surface area contributed by atoms with E-state index in [9.17, 15) is 9.90 Å². The largest absolute Gasteiger partial charge is 0.481 e. The molecule has 1 saturated heterocycles. The summed E-state index contributed by atoms with van der Waals surface area (Å²) < 4.78 is 4.40. The summed E-state index contributed by atoms with van der Waals surface area (Å²) in [6, 6.07) is 0. The first-order valence-electron chi connectivity index (χ1n) is 6.59. The number of carboxylic acids is 1. The molecule has 0 spiro atoms. The van der Waals surface area contributed by atoms with Gasteiger partial charge in [0, 0.05) is 30.0 Å². The van der Waals surface area contributed by atoms with Gasteiger partial charge in [-0.05, 0) is 12.3 Å². The molecule has 6 heteroatoms. The molecule has 2 unspecified atom stereocenters. The number of aromatic nitrogens is 2. The molecule has 0 radical (unpaired) electrons. The Kier molecular flexibility index (Phi) is 3.80. The number of carboxylic acid groups (broad SMARTS) is 1. The van der Waals surface area contributed by atoms with Gasteiger partial charge in [-0.3, -0.25) is 4.79 Å². The number of nitrogens with zero attached hydrogens (tertiary/aromatic N) is 3. The minimum absolute atomic E-state index is 0.0671. The number of rotatable bonds is 2. The number of aliphatic carboxylic acids is 1. The van der Waals surface area contributed by atoms with E-state index in [1.807, 2.05) is 0 Å². The van der Waals surface area contributed by atoms with Crippen LogP contribution in [-0.4, -0.2) is 33.5 Å². The number of hydrogen-bond donors (Lipinski definition) is 1. The van der Waals surface area contributed by atoms with Gasteiger partial charge in [-0.2, -0.15) is 4.37 Å². The zero-order valence-corrected chi connectivity index (χ0v) is 12.7. The van der Waals surface area contributed by atoms with Gasteiger partial charge in [0.2, 0.25) is 5.13 Å². The molecule has 2 atom stereocenters. The van der Waals surface area contributed by atoms with Crippen molar-refractivity contribution in [2.75, 3.05) is 18.0 Å². The number of carbonyl (C=O) groups is 1. The maximum Gasteiger partial charge on any atom is 0.308 e. The molecule has 1 aromatic heterocycles. The van der Waals surface area contributed by atoms with Gasteiger partial charge < -0.3 is 10.0 Å². The van der Waals surface area contributed by atoms with Gasteiger partial charge in [0.15, 0.2) is 0 Å². The highest BCUT2D eigenvalue weighted by Crippen LogP contribution is 2.30. The Labute approximate surface area is 117 Å². The third-order valence-electron chi connectivity index (χ3n) is 3.37. The normalized spacial score (nSPS) is 24.5. The highest BCUT2D eigenvalue weighted by molar-refractivity contribution is 7.09. The van der Waals surface area contributed by atoms with E-state index >= 15 is 0 Å². The molecule has 106 valence electrons. The van der Waals surface area contributed by atoms with Gasteiger partial charge in [-0.1, -0.05) is 27.7 Å². The van der Waals surface area contributed by atoms with Crippen LogP contribution in [0.15, 0.2) is 0 Å². The van der Waals surface area contributed by atoms with Crippen LogP contribution in [-0.2, 0) is 10.2 Å². The lowest BCUT2D eigenvalue weighted by Gasteiger charge is -2.34. The van der Waals surface area contributed by atoms with Crippen molar-refractivity contribution in [2.24, 2.45) is 11.8 Å². The van der Waals surface area contributed by atoms with Gasteiger partial charge in [0.25, 0.3) is 0 Å². The van der Waals surface area contributed by atoms with Crippen molar-refractivity contribution in [2.45, 2.75) is 39.5 Å². The van der Waals surface area contributed by atoms with E-state index < -0.39 is 5.97 Å². The van der Waals surface area contributed by atoms with Crippen LogP contribution in [0.5, 0.6) is 0 Å². The van der Waals surface area contributed by atoms with E-state index in [1.54, 1.807) is 0 Å². The predicted molar refractivity (Wildman–Crippen MR) is 75.7 cm³/mol. The zero-order chi connectivity index (χ0) is 14.2. The number of hydrogen-bond acceptors (Lipinski definition) is 5. The van der Waals surface area contributed by atoms with Crippen molar-refractivity contribution in [1.82, 2.24) is 9.36 Å². The topological polar surface area (TPSA) is 66.3 Å². The molecule has 0 saturated carbocycles. The molecule has 0 amide bonds. The van der Waals surface area contributed by atoms with E-state index in [0.717, 1.165) is 23.9 Å². The number of piperidine rings is 1. The fraction of sp³-hybridized carbons (Fsp3) is 0.769. The van der Waals surface area contributed by atoms with Crippen molar-refractivity contribution < 1.29 is 9.90 Å². The van der Waals surface area contributed by atoms with Crippen LogP contribution in [0.4, 0.5) is 5.13 Å². The molecule has 1 N–H and O–H groups in total. The van der Waals surface area contributed by atoms with Crippen LogP contribution in [0.25, 0.3) is 0 Å². The van der Waals surface area contributed by atoms with Gasteiger partial charge in [-0.15, -0.1) is 0 Å². The molecule has 19 heavy (non-hydrogen) atoms. The summed E-state index contributed by atoms with van der Waals surface area (Å²) >= 11 is 1.37. The van der Waals surface area contributed by atoms with Crippen molar-refractivity contribution in [1.29, 1.82) is 0 Å². The minimum atomic E-state index is -0.711. The fourth-order valence-corrected chi connectivity index (χ4v) is 3.21. The molecular formula is C13H21N3O2S. The predicted octanol–water partition coefficient (Wildman–Crippen LogP) is 2.38. The molecule has 2 heterocycles. The van der Waals surface area contributed by atoms with Crippen molar-refractivity contribution in [3.63, 3.8) is 0 Å². The molecule has 0 bridgehead atoms. The third-order valence-corrected chi connectivity index (χ3v) is 4.14. The second-order valence-corrected chi connectivity index (χ2v) is 7.16. The molecule has 0 aromatic carbocycles. The first-order chi connectivity index (χ1) is 8.77. The van der Waals surface area contributed by atoms with E-state index in [1.165, 1.54) is 11.5 Å². The molecule has 0 aliphatic carbocycles. The molecular weight excluding hydrogens is 262 g/mol. The lowest BCUT2D eigenvalue weighted by atomic mass is 9.91. The van der Waals surface area contributed by atoms with Crippen LogP contribution >= 0.6 is 11.5 Å². The van der Waals surface area contributed by atoms with E-state index in [-0.39, 0.29) is 11.3 Å².